The van der Waals surface area contributed by atoms with E-state index in [1.165, 1.54) is 7.11 Å². The lowest BCUT2D eigenvalue weighted by atomic mass is 9.96. The lowest BCUT2D eigenvalue weighted by molar-refractivity contribution is -0.140. The van der Waals surface area contributed by atoms with Crippen molar-refractivity contribution in [3.8, 4) is 5.82 Å². The van der Waals surface area contributed by atoms with Gasteiger partial charge in [0.25, 0.3) is 0 Å². The minimum atomic E-state index is -0.262. The molecule has 0 amide bonds. The molecule has 3 aromatic rings. The first-order valence-electron chi connectivity index (χ1n) is 10.2. The van der Waals surface area contributed by atoms with Crippen molar-refractivity contribution in [3.63, 3.8) is 0 Å². The van der Waals surface area contributed by atoms with Gasteiger partial charge in [-0.05, 0) is 62.0 Å². The third-order valence-corrected chi connectivity index (χ3v) is 6.00. The molecule has 1 aliphatic rings. The van der Waals surface area contributed by atoms with E-state index in [-0.39, 0.29) is 24.5 Å². The summed E-state index contributed by atoms with van der Waals surface area (Å²) >= 11 is 5.67. The van der Waals surface area contributed by atoms with Crippen LogP contribution in [0.2, 0.25) is 0 Å². The summed E-state index contributed by atoms with van der Waals surface area (Å²) in [5, 5.41) is 4.03. The summed E-state index contributed by atoms with van der Waals surface area (Å²) < 4.78 is 6.99. The summed E-state index contributed by atoms with van der Waals surface area (Å²) in [6.45, 7) is 4.62. The van der Waals surface area contributed by atoms with Gasteiger partial charge < -0.3 is 19.5 Å². The Morgan fingerprint density at radius 2 is 1.90 bits per heavy atom. The van der Waals surface area contributed by atoms with Crippen LogP contribution in [0.3, 0.4) is 0 Å². The van der Waals surface area contributed by atoms with E-state index in [1.54, 1.807) is 12.4 Å². The highest BCUT2D eigenvalue weighted by atomic mass is 32.1. The average molecular weight is 436 g/mol. The maximum absolute atomic E-state index is 11.8. The second kappa shape index (κ2) is 8.85. The zero-order chi connectivity index (χ0) is 22.0. The Morgan fingerprint density at radius 3 is 2.55 bits per heavy atom. The van der Waals surface area contributed by atoms with Gasteiger partial charge in [0, 0.05) is 30.3 Å². The van der Waals surface area contributed by atoms with Gasteiger partial charge in [-0.15, -0.1) is 0 Å². The van der Waals surface area contributed by atoms with Crippen molar-refractivity contribution < 1.29 is 9.53 Å². The molecule has 4 heterocycles. The Morgan fingerprint density at radius 1 is 1.16 bits per heavy atom. The van der Waals surface area contributed by atoms with E-state index in [2.05, 4.69) is 44.7 Å². The van der Waals surface area contributed by atoms with Crippen LogP contribution >= 0.6 is 12.2 Å². The first kappa shape index (κ1) is 21.0. The average Bonchev–Trinajstić information content (AvgIpc) is 3.28. The fourth-order valence-electron chi connectivity index (χ4n) is 4.22. The van der Waals surface area contributed by atoms with Crippen LogP contribution in [-0.4, -0.2) is 44.2 Å². The van der Waals surface area contributed by atoms with Crippen LogP contribution < -0.4 is 5.32 Å². The summed E-state index contributed by atoms with van der Waals surface area (Å²) in [7, 11) is 1.40. The normalized spacial score (nSPS) is 18.2. The Labute approximate surface area is 187 Å². The van der Waals surface area contributed by atoms with E-state index >= 15 is 0 Å². The number of carbonyl (C=O) groups is 1. The van der Waals surface area contributed by atoms with Crippen LogP contribution in [0.5, 0.6) is 0 Å². The van der Waals surface area contributed by atoms with Gasteiger partial charge in [0.15, 0.2) is 5.11 Å². The van der Waals surface area contributed by atoms with Crippen molar-refractivity contribution in [3.05, 3.63) is 77.5 Å². The minimum absolute atomic E-state index is 0.115. The monoisotopic (exact) mass is 435 g/mol. The SMILES string of the molecule is COC(=O)CCN1C(=S)N[C@@H](c2ccccn2)[C@@H]1c1cc(C)n(-c2ccccn2)c1C. The van der Waals surface area contributed by atoms with Gasteiger partial charge in [0.1, 0.15) is 5.82 Å². The molecule has 0 aliphatic carbocycles. The lowest BCUT2D eigenvalue weighted by Gasteiger charge is -2.27. The number of nitrogens with zero attached hydrogens (tertiary/aromatic N) is 4. The molecule has 0 unspecified atom stereocenters. The third kappa shape index (κ3) is 4.03. The number of methoxy groups -OCH3 is 1. The van der Waals surface area contributed by atoms with E-state index in [4.69, 9.17) is 17.0 Å². The van der Waals surface area contributed by atoms with Crippen molar-refractivity contribution in [2.45, 2.75) is 32.4 Å². The molecule has 31 heavy (non-hydrogen) atoms. The topological polar surface area (TPSA) is 72.3 Å². The molecule has 2 atom stereocenters. The molecular formula is C23H25N5O2S. The standard InChI is InChI=1S/C23H25N5O2S/c1-15-14-17(16(2)28(15)19-9-5-7-12-25-19)22-21(18-8-4-6-11-24-18)26-23(31)27(22)13-10-20(29)30-3/h4-9,11-12,14,21-22H,10,13H2,1-3H3,(H,26,31)/t21-,22-/m0/s1. The van der Waals surface area contributed by atoms with Crippen LogP contribution in [0.25, 0.3) is 5.82 Å². The molecule has 0 aromatic carbocycles. The molecule has 0 bridgehead atoms. The predicted molar refractivity (Wildman–Crippen MR) is 122 cm³/mol. The smallest absolute Gasteiger partial charge is 0.307 e. The minimum Gasteiger partial charge on any atom is -0.469 e. The van der Waals surface area contributed by atoms with Gasteiger partial charge in [-0.3, -0.25) is 9.78 Å². The van der Waals surface area contributed by atoms with Crippen molar-refractivity contribution in [1.82, 2.24) is 24.8 Å². The molecule has 0 saturated carbocycles. The summed E-state index contributed by atoms with van der Waals surface area (Å²) in [4.78, 5) is 23.0. The van der Waals surface area contributed by atoms with Gasteiger partial charge >= 0.3 is 5.97 Å². The number of aryl methyl sites for hydroxylation is 1. The molecule has 1 saturated heterocycles. The molecule has 7 nitrogen and oxygen atoms in total. The van der Waals surface area contributed by atoms with E-state index in [9.17, 15) is 4.79 Å². The Kier molecular flexibility index (Phi) is 5.99. The van der Waals surface area contributed by atoms with E-state index in [1.807, 2.05) is 36.4 Å². The zero-order valence-electron chi connectivity index (χ0n) is 17.8. The highest BCUT2D eigenvalue weighted by Crippen LogP contribution is 2.41. The highest BCUT2D eigenvalue weighted by molar-refractivity contribution is 7.80. The summed E-state index contributed by atoms with van der Waals surface area (Å²) in [6.07, 6.45) is 3.83. The van der Waals surface area contributed by atoms with E-state index in [0.29, 0.717) is 11.7 Å². The number of esters is 1. The summed E-state index contributed by atoms with van der Waals surface area (Å²) in [6, 6.07) is 13.7. The molecular weight excluding hydrogens is 410 g/mol. The molecule has 4 rings (SSSR count). The second-order valence-corrected chi connectivity index (χ2v) is 7.88. The Hall–Kier alpha value is -3.26. The van der Waals surface area contributed by atoms with Crippen molar-refractivity contribution >= 4 is 23.3 Å². The van der Waals surface area contributed by atoms with Crippen LogP contribution in [0.4, 0.5) is 0 Å². The Balaban J connectivity index is 1.79. The second-order valence-electron chi connectivity index (χ2n) is 7.50. The van der Waals surface area contributed by atoms with Gasteiger partial charge in [0.05, 0.1) is 31.3 Å². The number of thiocarbonyl (C=S) groups is 1. The first-order chi connectivity index (χ1) is 15.0. The van der Waals surface area contributed by atoms with Crippen molar-refractivity contribution in [2.75, 3.05) is 13.7 Å². The number of carbonyl (C=O) groups excluding carboxylic acids is 1. The number of hydrogen-bond acceptors (Lipinski definition) is 5. The van der Waals surface area contributed by atoms with Crippen molar-refractivity contribution in [1.29, 1.82) is 0 Å². The molecule has 0 radical (unpaired) electrons. The number of aromatic nitrogens is 3. The van der Waals surface area contributed by atoms with Gasteiger partial charge in [-0.2, -0.15) is 0 Å². The quantitative estimate of drug-likeness (QED) is 0.470. The van der Waals surface area contributed by atoms with Crippen LogP contribution in [-0.2, 0) is 9.53 Å². The number of ether oxygens (including phenoxy) is 1. The first-order valence-corrected chi connectivity index (χ1v) is 10.6. The zero-order valence-corrected chi connectivity index (χ0v) is 18.6. The summed E-state index contributed by atoms with van der Waals surface area (Å²) in [5.74, 6) is 0.606. The molecule has 1 fully saturated rings. The molecule has 1 aliphatic heterocycles. The van der Waals surface area contributed by atoms with Crippen molar-refractivity contribution in [2.24, 2.45) is 0 Å². The molecule has 0 spiro atoms. The molecule has 8 heteroatoms. The van der Waals surface area contributed by atoms with Gasteiger partial charge in [-0.1, -0.05) is 12.1 Å². The van der Waals surface area contributed by atoms with E-state index < -0.39 is 0 Å². The molecule has 1 N–H and O–H groups in total. The largest absolute Gasteiger partial charge is 0.469 e. The third-order valence-electron chi connectivity index (χ3n) is 5.65. The molecule has 3 aromatic heterocycles. The number of hydrogen-bond donors (Lipinski definition) is 1. The van der Waals surface area contributed by atoms with Gasteiger partial charge in [0.2, 0.25) is 0 Å². The number of rotatable bonds is 6. The maximum Gasteiger partial charge on any atom is 0.307 e. The summed E-state index contributed by atoms with van der Waals surface area (Å²) in [5.41, 5.74) is 4.18. The molecule has 160 valence electrons. The fraction of sp³-hybridized carbons (Fsp3) is 0.304. The van der Waals surface area contributed by atoms with Crippen LogP contribution in [0.1, 0.15) is 41.1 Å². The lowest BCUT2D eigenvalue weighted by Crippen LogP contribution is -2.32. The van der Waals surface area contributed by atoms with E-state index in [0.717, 1.165) is 28.5 Å². The number of nitrogens with one attached hydrogen (secondary N) is 1. The van der Waals surface area contributed by atoms with Crippen LogP contribution in [0, 0.1) is 13.8 Å². The maximum atomic E-state index is 11.8. The number of pyridine rings is 2. The van der Waals surface area contributed by atoms with Crippen LogP contribution in [0.15, 0.2) is 54.9 Å². The predicted octanol–water partition coefficient (Wildman–Crippen LogP) is 3.42. The highest BCUT2D eigenvalue weighted by Gasteiger charge is 2.41. The fourth-order valence-corrected chi connectivity index (χ4v) is 4.56. The Bertz CT molecular complexity index is 1080. The van der Waals surface area contributed by atoms with Gasteiger partial charge in [-0.25, -0.2) is 4.98 Å².